The smallest absolute Gasteiger partial charge is 0.411 e. The summed E-state index contributed by atoms with van der Waals surface area (Å²) >= 11 is 0. The van der Waals surface area contributed by atoms with Gasteiger partial charge in [-0.3, -0.25) is 5.32 Å². The summed E-state index contributed by atoms with van der Waals surface area (Å²) in [5.41, 5.74) is 0.193. The lowest BCUT2D eigenvalue weighted by atomic mass is 10.2. The summed E-state index contributed by atoms with van der Waals surface area (Å²) in [5.74, 6) is 0.0115. The molecule has 0 fully saturated rings. The molecule has 0 bridgehead atoms. The number of alkyl halides is 2. The van der Waals surface area contributed by atoms with Gasteiger partial charge in [0, 0.05) is 12.1 Å². The van der Waals surface area contributed by atoms with Gasteiger partial charge < -0.3 is 18.9 Å². The molecule has 0 aromatic heterocycles. The second kappa shape index (κ2) is 9.02. The predicted octanol–water partition coefficient (Wildman–Crippen LogP) is 4.04. The molecule has 1 aromatic carbocycles. The van der Waals surface area contributed by atoms with Crippen LogP contribution in [0.5, 0.6) is 17.2 Å². The number of benzene rings is 1. The van der Waals surface area contributed by atoms with Crippen LogP contribution in [0.4, 0.5) is 19.3 Å². The molecule has 1 amide bonds. The van der Waals surface area contributed by atoms with Crippen molar-refractivity contribution >= 4 is 11.8 Å². The zero-order valence-electron chi connectivity index (χ0n) is 13.5. The fourth-order valence-corrected chi connectivity index (χ4v) is 1.74. The Hall–Kier alpha value is -2.25. The van der Waals surface area contributed by atoms with Crippen LogP contribution in [0.1, 0.15) is 27.7 Å². The molecule has 1 aromatic rings. The monoisotopic (exact) mass is 333 g/mol. The van der Waals surface area contributed by atoms with E-state index in [1.54, 1.807) is 27.7 Å². The Morgan fingerprint density at radius 1 is 1.13 bits per heavy atom. The lowest BCUT2D eigenvalue weighted by Gasteiger charge is -2.17. The van der Waals surface area contributed by atoms with E-state index in [-0.39, 0.29) is 42.3 Å². The normalized spacial score (nSPS) is 10.6. The highest BCUT2D eigenvalue weighted by Gasteiger charge is 2.19. The van der Waals surface area contributed by atoms with Gasteiger partial charge >= 0.3 is 12.7 Å². The number of anilines is 1. The lowest BCUT2D eigenvalue weighted by molar-refractivity contribution is -0.0515. The predicted molar refractivity (Wildman–Crippen MR) is 80.7 cm³/mol. The van der Waals surface area contributed by atoms with Crippen molar-refractivity contribution < 1.29 is 32.5 Å². The Balaban J connectivity index is 3.15. The number of hydrogen-bond acceptors (Lipinski definition) is 5. The Labute approximate surface area is 133 Å². The molecule has 0 radical (unpaired) electrons. The Bertz CT molecular complexity index is 523. The molecule has 0 saturated heterocycles. The first kappa shape index (κ1) is 18.8. The number of halogens is 2. The van der Waals surface area contributed by atoms with E-state index in [0.717, 1.165) is 0 Å². The van der Waals surface area contributed by atoms with Crippen molar-refractivity contribution in [2.75, 3.05) is 18.5 Å². The molecular weight excluding hydrogens is 312 g/mol. The topological polar surface area (TPSA) is 66.0 Å². The summed E-state index contributed by atoms with van der Waals surface area (Å²) in [6.07, 6.45) is -1.03. The van der Waals surface area contributed by atoms with E-state index < -0.39 is 12.7 Å². The van der Waals surface area contributed by atoms with Gasteiger partial charge in [-0.15, -0.1) is 0 Å². The van der Waals surface area contributed by atoms with Gasteiger partial charge in [0.25, 0.3) is 0 Å². The van der Waals surface area contributed by atoms with Gasteiger partial charge in [-0.1, -0.05) is 0 Å². The minimum Gasteiger partial charge on any atom is -0.490 e. The van der Waals surface area contributed by atoms with Gasteiger partial charge in [0.15, 0.2) is 11.5 Å². The highest BCUT2D eigenvalue weighted by molar-refractivity contribution is 5.86. The molecule has 0 atom stereocenters. The minimum absolute atomic E-state index is 0.0532. The molecule has 0 spiro atoms. The fourth-order valence-electron chi connectivity index (χ4n) is 1.74. The van der Waals surface area contributed by atoms with Gasteiger partial charge in [-0.05, 0) is 27.7 Å². The third-order valence-corrected chi connectivity index (χ3v) is 2.41. The van der Waals surface area contributed by atoms with Crippen molar-refractivity contribution in [3.05, 3.63) is 12.1 Å². The molecule has 0 saturated carbocycles. The van der Waals surface area contributed by atoms with Crippen molar-refractivity contribution in [1.29, 1.82) is 0 Å². The highest BCUT2D eigenvalue weighted by atomic mass is 19.3. The standard InChI is InChI=1S/C15H21F2NO5/c1-5-20-11-7-10(18-15(19)22-9(3)4)8-12(23-14(16)17)13(11)21-6-2/h7-9,14H,5-6H2,1-4H3,(H,18,19). The molecular formula is C15H21F2NO5. The molecule has 0 aliphatic carbocycles. The van der Waals surface area contributed by atoms with E-state index in [1.807, 2.05) is 0 Å². The number of nitrogens with one attached hydrogen (secondary N) is 1. The fraction of sp³-hybridized carbons (Fsp3) is 0.533. The summed E-state index contributed by atoms with van der Waals surface area (Å²) in [5, 5.41) is 2.43. The van der Waals surface area contributed by atoms with Crippen LogP contribution in [-0.4, -0.2) is 32.0 Å². The van der Waals surface area contributed by atoms with Crippen molar-refractivity contribution in [3.63, 3.8) is 0 Å². The van der Waals surface area contributed by atoms with E-state index >= 15 is 0 Å². The average Bonchev–Trinajstić information content (AvgIpc) is 2.41. The van der Waals surface area contributed by atoms with Crippen LogP contribution in [-0.2, 0) is 4.74 Å². The number of rotatable bonds is 8. The number of hydrogen-bond donors (Lipinski definition) is 1. The van der Waals surface area contributed by atoms with Crippen LogP contribution in [0, 0.1) is 0 Å². The molecule has 0 heterocycles. The van der Waals surface area contributed by atoms with Gasteiger partial charge in [-0.25, -0.2) is 4.79 Å². The van der Waals surface area contributed by atoms with Crippen LogP contribution in [0.15, 0.2) is 12.1 Å². The number of amides is 1. The largest absolute Gasteiger partial charge is 0.490 e. The molecule has 0 aliphatic heterocycles. The van der Waals surface area contributed by atoms with Crippen molar-refractivity contribution in [3.8, 4) is 17.2 Å². The number of carbonyl (C=O) groups excluding carboxylic acids is 1. The summed E-state index contributed by atoms with van der Waals surface area (Å²) < 4.78 is 45.3. The second-order valence-corrected chi connectivity index (χ2v) is 4.63. The Morgan fingerprint density at radius 3 is 2.26 bits per heavy atom. The first-order valence-corrected chi connectivity index (χ1v) is 7.23. The zero-order chi connectivity index (χ0) is 17.4. The molecule has 1 rings (SSSR count). The second-order valence-electron chi connectivity index (χ2n) is 4.63. The summed E-state index contributed by atoms with van der Waals surface area (Å²) in [6, 6.07) is 2.68. The molecule has 8 heteroatoms. The van der Waals surface area contributed by atoms with E-state index in [4.69, 9.17) is 14.2 Å². The third-order valence-electron chi connectivity index (χ3n) is 2.41. The first-order chi connectivity index (χ1) is 10.9. The van der Waals surface area contributed by atoms with Gasteiger partial charge in [0.1, 0.15) is 0 Å². The SMILES string of the molecule is CCOc1cc(NC(=O)OC(C)C)cc(OC(F)F)c1OCC. The van der Waals surface area contributed by atoms with Crippen LogP contribution in [0.2, 0.25) is 0 Å². The van der Waals surface area contributed by atoms with E-state index in [2.05, 4.69) is 10.1 Å². The Morgan fingerprint density at radius 2 is 1.74 bits per heavy atom. The van der Waals surface area contributed by atoms with Crippen molar-refractivity contribution in [2.24, 2.45) is 0 Å². The minimum atomic E-state index is -3.04. The van der Waals surface area contributed by atoms with E-state index in [9.17, 15) is 13.6 Å². The summed E-state index contributed by atoms with van der Waals surface area (Å²) in [7, 11) is 0. The van der Waals surface area contributed by atoms with Crippen LogP contribution in [0.25, 0.3) is 0 Å². The van der Waals surface area contributed by atoms with Crippen LogP contribution in [0.3, 0.4) is 0 Å². The third kappa shape index (κ3) is 6.17. The van der Waals surface area contributed by atoms with Crippen molar-refractivity contribution in [2.45, 2.75) is 40.4 Å². The zero-order valence-corrected chi connectivity index (χ0v) is 13.5. The molecule has 6 nitrogen and oxygen atoms in total. The molecule has 1 N–H and O–H groups in total. The maximum Gasteiger partial charge on any atom is 0.411 e. The maximum atomic E-state index is 12.6. The number of ether oxygens (including phenoxy) is 4. The summed E-state index contributed by atoms with van der Waals surface area (Å²) in [6.45, 7) is 4.30. The van der Waals surface area contributed by atoms with Gasteiger partial charge in [-0.2, -0.15) is 8.78 Å². The highest BCUT2D eigenvalue weighted by Crippen LogP contribution is 2.41. The summed E-state index contributed by atoms with van der Waals surface area (Å²) in [4.78, 5) is 11.6. The average molecular weight is 333 g/mol. The molecule has 23 heavy (non-hydrogen) atoms. The Kier molecular flexibility index (Phi) is 7.37. The van der Waals surface area contributed by atoms with Crippen molar-refractivity contribution in [1.82, 2.24) is 0 Å². The van der Waals surface area contributed by atoms with E-state index in [0.29, 0.717) is 0 Å². The molecule has 0 unspecified atom stereocenters. The number of carbonyl (C=O) groups is 1. The van der Waals surface area contributed by atoms with Gasteiger partial charge in [0.2, 0.25) is 5.75 Å². The molecule has 0 aliphatic rings. The van der Waals surface area contributed by atoms with Gasteiger partial charge in [0.05, 0.1) is 25.0 Å². The lowest BCUT2D eigenvalue weighted by Crippen LogP contribution is -2.18. The quantitative estimate of drug-likeness (QED) is 0.777. The molecule has 130 valence electrons. The van der Waals surface area contributed by atoms with E-state index in [1.165, 1.54) is 12.1 Å². The first-order valence-electron chi connectivity index (χ1n) is 7.23. The van der Waals surface area contributed by atoms with Crippen LogP contribution >= 0.6 is 0 Å². The van der Waals surface area contributed by atoms with Crippen LogP contribution < -0.4 is 19.5 Å². The maximum absolute atomic E-state index is 12.6.